The Bertz CT molecular complexity index is 326. The summed E-state index contributed by atoms with van der Waals surface area (Å²) in [5, 5.41) is 11.4. The van der Waals surface area contributed by atoms with E-state index in [0.717, 1.165) is 5.56 Å². The van der Waals surface area contributed by atoms with Crippen LogP contribution in [0.25, 0.3) is 0 Å². The molecule has 1 fully saturated rings. The molecule has 1 aliphatic rings. The maximum Gasteiger partial charge on any atom is 0.184 e. The lowest BCUT2D eigenvalue weighted by atomic mass is 10.2. The highest BCUT2D eigenvalue weighted by molar-refractivity contribution is 5.62. The van der Waals surface area contributed by atoms with Crippen LogP contribution in [0.4, 0.5) is 0 Å². The molecule has 1 N–H and O–H groups in total. The fraction of sp³-hybridized carbons (Fsp3) is 0.364. The van der Waals surface area contributed by atoms with Gasteiger partial charge in [-0.1, -0.05) is 35.5 Å². The predicted molar refractivity (Wildman–Crippen MR) is 54.9 cm³/mol. The monoisotopic (exact) mass is 207 g/mol. The van der Waals surface area contributed by atoms with Crippen molar-refractivity contribution in [2.75, 3.05) is 6.61 Å². The van der Waals surface area contributed by atoms with Gasteiger partial charge in [-0.15, -0.1) is 0 Å². The molecule has 1 aromatic carbocycles. The molecular formula is C11H13NO3. The van der Waals surface area contributed by atoms with Crippen molar-refractivity contribution in [3.63, 3.8) is 0 Å². The summed E-state index contributed by atoms with van der Waals surface area (Å²) in [5.74, 6) is 0. The number of rotatable bonds is 2. The fourth-order valence-corrected chi connectivity index (χ4v) is 1.53. The van der Waals surface area contributed by atoms with Crippen LogP contribution in [0.15, 0.2) is 35.5 Å². The second kappa shape index (κ2) is 4.91. The first kappa shape index (κ1) is 10.1. The second-order valence-corrected chi connectivity index (χ2v) is 3.34. The summed E-state index contributed by atoms with van der Waals surface area (Å²) in [6.45, 7) is 0.607. The molecule has 0 spiro atoms. The van der Waals surface area contributed by atoms with Crippen molar-refractivity contribution in [1.82, 2.24) is 0 Å². The first-order chi connectivity index (χ1) is 7.40. The predicted octanol–water partition coefficient (Wildman–Crippen LogP) is 1.95. The van der Waals surface area contributed by atoms with Crippen LogP contribution in [-0.4, -0.2) is 24.1 Å². The zero-order valence-electron chi connectivity index (χ0n) is 8.24. The molecule has 1 aromatic rings. The Morgan fingerprint density at radius 2 is 2.13 bits per heavy atom. The molecule has 0 saturated carbocycles. The largest absolute Gasteiger partial charge is 0.411 e. The minimum Gasteiger partial charge on any atom is -0.411 e. The van der Waals surface area contributed by atoms with E-state index in [1.807, 2.05) is 30.3 Å². The van der Waals surface area contributed by atoms with Crippen molar-refractivity contribution in [3.05, 3.63) is 35.9 Å². The third-order valence-electron chi connectivity index (χ3n) is 2.27. The van der Waals surface area contributed by atoms with Gasteiger partial charge in [-0.25, -0.2) is 0 Å². The van der Waals surface area contributed by atoms with Gasteiger partial charge in [-0.3, -0.25) is 0 Å². The molecule has 15 heavy (non-hydrogen) atoms. The van der Waals surface area contributed by atoms with Crippen LogP contribution in [0.5, 0.6) is 0 Å². The number of ether oxygens (including phenoxy) is 2. The molecule has 0 aromatic heterocycles. The molecule has 0 bridgehead atoms. The van der Waals surface area contributed by atoms with Crippen LogP contribution in [0.1, 0.15) is 18.3 Å². The Morgan fingerprint density at radius 1 is 1.33 bits per heavy atom. The summed E-state index contributed by atoms with van der Waals surface area (Å²) in [6, 6.07) is 9.71. The lowest BCUT2D eigenvalue weighted by molar-refractivity contribution is -0.198. The molecular weight excluding hydrogens is 194 g/mol. The van der Waals surface area contributed by atoms with Gasteiger partial charge in [0.25, 0.3) is 0 Å². The summed E-state index contributed by atoms with van der Waals surface area (Å²) >= 11 is 0. The quantitative estimate of drug-likeness (QED) is 0.458. The molecule has 1 heterocycles. The first-order valence-corrected chi connectivity index (χ1v) is 4.89. The van der Waals surface area contributed by atoms with E-state index < -0.39 is 0 Å². The Balaban J connectivity index is 2.04. The SMILES string of the molecule is ON=C[C@@H]1CCOC(c2ccccc2)O1. The van der Waals surface area contributed by atoms with Crippen molar-refractivity contribution >= 4 is 6.21 Å². The average molecular weight is 207 g/mol. The zero-order valence-corrected chi connectivity index (χ0v) is 8.24. The van der Waals surface area contributed by atoms with E-state index >= 15 is 0 Å². The Hall–Kier alpha value is -1.39. The van der Waals surface area contributed by atoms with Gasteiger partial charge in [0.15, 0.2) is 6.29 Å². The van der Waals surface area contributed by atoms with Crippen molar-refractivity contribution in [3.8, 4) is 0 Å². The highest BCUT2D eigenvalue weighted by Crippen LogP contribution is 2.25. The Morgan fingerprint density at radius 3 is 2.87 bits per heavy atom. The summed E-state index contributed by atoms with van der Waals surface area (Å²) in [7, 11) is 0. The molecule has 2 rings (SSSR count). The van der Waals surface area contributed by atoms with Crippen molar-refractivity contribution < 1.29 is 14.7 Å². The molecule has 1 unspecified atom stereocenters. The van der Waals surface area contributed by atoms with Gasteiger partial charge >= 0.3 is 0 Å². The maximum atomic E-state index is 8.42. The van der Waals surface area contributed by atoms with Crippen LogP contribution in [0, 0.1) is 0 Å². The summed E-state index contributed by atoms with van der Waals surface area (Å²) in [6.07, 6.45) is 1.57. The van der Waals surface area contributed by atoms with E-state index in [2.05, 4.69) is 5.16 Å². The van der Waals surface area contributed by atoms with Gasteiger partial charge in [0.1, 0.15) is 6.10 Å². The van der Waals surface area contributed by atoms with Crippen LogP contribution >= 0.6 is 0 Å². The first-order valence-electron chi connectivity index (χ1n) is 4.89. The fourth-order valence-electron chi connectivity index (χ4n) is 1.53. The summed E-state index contributed by atoms with van der Waals surface area (Å²) in [5.41, 5.74) is 0.980. The molecule has 2 atom stereocenters. The number of nitrogens with zero attached hydrogens (tertiary/aromatic N) is 1. The van der Waals surface area contributed by atoms with Gasteiger partial charge in [-0.2, -0.15) is 0 Å². The molecule has 1 saturated heterocycles. The zero-order chi connectivity index (χ0) is 10.5. The minimum atomic E-state index is -0.358. The van der Waals surface area contributed by atoms with Gasteiger partial charge in [-0.05, 0) is 0 Å². The lowest BCUT2D eigenvalue weighted by Crippen LogP contribution is -2.27. The average Bonchev–Trinajstić information content (AvgIpc) is 2.31. The highest BCUT2D eigenvalue weighted by atomic mass is 16.7. The van der Waals surface area contributed by atoms with E-state index in [1.165, 1.54) is 6.21 Å². The summed E-state index contributed by atoms with van der Waals surface area (Å²) in [4.78, 5) is 0. The van der Waals surface area contributed by atoms with Crippen LogP contribution in [-0.2, 0) is 9.47 Å². The van der Waals surface area contributed by atoms with Gasteiger partial charge in [0.05, 0.1) is 12.8 Å². The topological polar surface area (TPSA) is 51.1 Å². The maximum absolute atomic E-state index is 8.42. The normalized spacial score (nSPS) is 26.9. The molecule has 0 aliphatic carbocycles. The second-order valence-electron chi connectivity index (χ2n) is 3.34. The number of oxime groups is 1. The van der Waals surface area contributed by atoms with Crippen molar-refractivity contribution in [2.45, 2.75) is 18.8 Å². The standard InChI is InChI=1S/C11H13NO3/c13-12-8-10-6-7-14-11(15-10)9-4-2-1-3-5-9/h1-5,8,10-11,13H,6-7H2/t10-,11?/m0/s1. The third-order valence-corrected chi connectivity index (χ3v) is 2.27. The van der Waals surface area contributed by atoms with E-state index in [-0.39, 0.29) is 12.4 Å². The van der Waals surface area contributed by atoms with E-state index in [9.17, 15) is 0 Å². The van der Waals surface area contributed by atoms with Gasteiger partial charge in [0, 0.05) is 12.0 Å². The van der Waals surface area contributed by atoms with Crippen LogP contribution < -0.4 is 0 Å². The van der Waals surface area contributed by atoms with E-state index in [0.29, 0.717) is 13.0 Å². The van der Waals surface area contributed by atoms with E-state index in [1.54, 1.807) is 0 Å². The smallest absolute Gasteiger partial charge is 0.184 e. The van der Waals surface area contributed by atoms with Crippen LogP contribution in [0.2, 0.25) is 0 Å². The molecule has 0 amide bonds. The lowest BCUT2D eigenvalue weighted by Gasteiger charge is -2.28. The molecule has 0 radical (unpaired) electrons. The highest BCUT2D eigenvalue weighted by Gasteiger charge is 2.22. The minimum absolute atomic E-state index is 0.172. The molecule has 4 heteroatoms. The van der Waals surface area contributed by atoms with Crippen LogP contribution in [0.3, 0.4) is 0 Å². The van der Waals surface area contributed by atoms with Gasteiger partial charge in [0.2, 0.25) is 0 Å². The number of benzene rings is 1. The molecule has 80 valence electrons. The van der Waals surface area contributed by atoms with Crippen molar-refractivity contribution in [1.29, 1.82) is 0 Å². The third kappa shape index (κ3) is 2.55. The number of hydrogen-bond acceptors (Lipinski definition) is 4. The van der Waals surface area contributed by atoms with Gasteiger partial charge < -0.3 is 14.7 Å². The number of hydrogen-bond donors (Lipinski definition) is 1. The molecule has 1 aliphatic heterocycles. The molecule has 4 nitrogen and oxygen atoms in total. The summed E-state index contributed by atoms with van der Waals surface area (Å²) < 4.78 is 11.1. The Labute approximate surface area is 88.1 Å². The van der Waals surface area contributed by atoms with E-state index in [4.69, 9.17) is 14.7 Å². The Kier molecular flexibility index (Phi) is 3.32. The van der Waals surface area contributed by atoms with Crippen molar-refractivity contribution in [2.24, 2.45) is 5.16 Å².